The van der Waals surface area contributed by atoms with Crippen LogP contribution in [-0.2, 0) is 16.6 Å². The predicted octanol–water partition coefficient (Wildman–Crippen LogP) is 4.84. The Labute approximate surface area is 187 Å². The number of sulfonamides is 1. The lowest BCUT2D eigenvalue weighted by Crippen LogP contribution is -2.32. The van der Waals surface area contributed by atoms with Gasteiger partial charge in [0.2, 0.25) is 0 Å². The second-order valence-corrected chi connectivity index (χ2v) is 9.24. The van der Waals surface area contributed by atoms with E-state index in [2.05, 4.69) is 20.9 Å². The number of nitrogens with zero attached hydrogens (tertiary/aromatic N) is 2. The molecule has 0 bridgehead atoms. The molecule has 31 heavy (non-hydrogen) atoms. The highest BCUT2D eigenvalue weighted by molar-refractivity contribution is 9.10. The van der Waals surface area contributed by atoms with Gasteiger partial charge in [-0.3, -0.25) is 0 Å². The molecule has 0 N–H and O–H groups in total. The van der Waals surface area contributed by atoms with E-state index in [9.17, 15) is 17.2 Å². The van der Waals surface area contributed by atoms with E-state index in [0.717, 1.165) is 22.6 Å². The van der Waals surface area contributed by atoms with Gasteiger partial charge in [-0.25, -0.2) is 26.5 Å². The van der Waals surface area contributed by atoms with E-state index in [4.69, 9.17) is 9.47 Å². The van der Waals surface area contributed by atoms with Gasteiger partial charge in [-0.2, -0.15) is 0 Å². The number of pyridine rings is 1. The zero-order chi connectivity index (χ0) is 22.8. The van der Waals surface area contributed by atoms with Crippen LogP contribution in [0.25, 0.3) is 0 Å². The first kappa shape index (κ1) is 23.0. The van der Waals surface area contributed by atoms with E-state index in [1.165, 1.54) is 26.4 Å². The summed E-state index contributed by atoms with van der Waals surface area (Å²) in [6, 6.07) is 9.50. The molecule has 3 rings (SSSR count). The Morgan fingerprint density at radius 2 is 1.81 bits per heavy atom. The van der Waals surface area contributed by atoms with Gasteiger partial charge in [0.05, 0.1) is 27.0 Å². The molecule has 0 spiro atoms. The van der Waals surface area contributed by atoms with Crippen LogP contribution in [0.15, 0.2) is 58.0 Å². The third-order valence-electron chi connectivity index (χ3n) is 4.56. The van der Waals surface area contributed by atoms with Gasteiger partial charge < -0.3 is 9.47 Å². The van der Waals surface area contributed by atoms with Crippen LogP contribution < -0.4 is 13.8 Å². The second-order valence-electron chi connectivity index (χ2n) is 6.56. The molecule has 0 aliphatic heterocycles. The molecular weight excluding hydrogens is 494 g/mol. The monoisotopic (exact) mass is 512 g/mol. The summed E-state index contributed by atoms with van der Waals surface area (Å²) >= 11 is 3.19. The number of methoxy groups -OCH3 is 2. The lowest BCUT2D eigenvalue weighted by atomic mass is 10.2. The molecule has 164 valence electrons. The molecule has 0 atom stereocenters. The highest BCUT2D eigenvalue weighted by atomic mass is 79.9. The molecule has 0 saturated heterocycles. The molecule has 0 amide bonds. The van der Waals surface area contributed by atoms with Gasteiger partial charge in [-0.05, 0) is 48.9 Å². The Morgan fingerprint density at radius 3 is 2.42 bits per heavy atom. The molecule has 1 heterocycles. The average molecular weight is 513 g/mol. The first-order valence-electron chi connectivity index (χ1n) is 8.98. The molecule has 0 saturated carbocycles. The van der Waals surface area contributed by atoms with E-state index in [0.29, 0.717) is 27.1 Å². The summed E-state index contributed by atoms with van der Waals surface area (Å²) < 4.78 is 67.0. The fourth-order valence-corrected chi connectivity index (χ4v) is 4.74. The smallest absolute Gasteiger partial charge is 0.268 e. The molecule has 0 fully saturated rings. The van der Waals surface area contributed by atoms with Gasteiger partial charge in [0.1, 0.15) is 33.8 Å². The number of aryl methyl sites for hydroxylation is 1. The van der Waals surface area contributed by atoms with Crippen molar-refractivity contribution in [3.8, 4) is 11.5 Å². The number of benzene rings is 2. The maximum absolute atomic E-state index is 14.7. The van der Waals surface area contributed by atoms with Crippen LogP contribution in [0.2, 0.25) is 0 Å². The van der Waals surface area contributed by atoms with Crippen LogP contribution in [-0.4, -0.2) is 27.6 Å². The molecule has 2 aromatic carbocycles. The van der Waals surface area contributed by atoms with Gasteiger partial charge in [-0.1, -0.05) is 15.9 Å². The van der Waals surface area contributed by atoms with Crippen molar-refractivity contribution in [3.63, 3.8) is 0 Å². The summed E-state index contributed by atoms with van der Waals surface area (Å²) in [5.74, 6) is -0.738. The first-order chi connectivity index (χ1) is 14.7. The summed E-state index contributed by atoms with van der Waals surface area (Å²) in [4.78, 5) is 3.38. The van der Waals surface area contributed by atoms with Crippen molar-refractivity contribution >= 4 is 31.8 Å². The second kappa shape index (κ2) is 9.19. The van der Waals surface area contributed by atoms with Gasteiger partial charge in [0.15, 0.2) is 0 Å². The van der Waals surface area contributed by atoms with E-state index in [-0.39, 0.29) is 12.4 Å². The summed E-state index contributed by atoms with van der Waals surface area (Å²) in [7, 11) is -1.48. The molecule has 10 heteroatoms. The minimum absolute atomic E-state index is 0.0701. The lowest BCUT2D eigenvalue weighted by molar-refractivity contribution is 0.391. The maximum Gasteiger partial charge on any atom is 0.268 e. The Balaban J connectivity index is 2.16. The van der Waals surface area contributed by atoms with E-state index in [1.807, 2.05) is 0 Å². The average Bonchev–Trinajstić information content (AvgIpc) is 2.75. The third kappa shape index (κ3) is 4.80. The number of hydrogen-bond donors (Lipinski definition) is 0. The highest BCUT2D eigenvalue weighted by Gasteiger charge is 2.30. The fraction of sp³-hybridized carbons (Fsp3) is 0.190. The number of ether oxygens (including phenoxy) is 2. The van der Waals surface area contributed by atoms with Crippen LogP contribution in [0.3, 0.4) is 0 Å². The molecule has 0 aliphatic rings. The highest BCUT2D eigenvalue weighted by Crippen LogP contribution is 2.32. The Kier molecular flexibility index (Phi) is 6.80. The molecule has 6 nitrogen and oxygen atoms in total. The third-order valence-corrected chi connectivity index (χ3v) is 7.18. The quantitative estimate of drug-likeness (QED) is 0.452. The van der Waals surface area contributed by atoms with Gasteiger partial charge in [0.25, 0.3) is 10.0 Å². The van der Waals surface area contributed by atoms with Gasteiger partial charge in [-0.15, -0.1) is 0 Å². The number of aromatic nitrogens is 1. The van der Waals surface area contributed by atoms with Crippen LogP contribution >= 0.6 is 15.9 Å². The van der Waals surface area contributed by atoms with Gasteiger partial charge >= 0.3 is 0 Å². The van der Waals surface area contributed by atoms with Crippen LogP contribution in [0.1, 0.15) is 11.1 Å². The molecular formula is C21H19BrF2N2O4S. The largest absolute Gasteiger partial charge is 0.497 e. The number of anilines is 1. The summed E-state index contributed by atoms with van der Waals surface area (Å²) in [6.07, 6.45) is 0.895. The zero-order valence-corrected chi connectivity index (χ0v) is 19.3. The number of rotatable bonds is 7. The van der Waals surface area contributed by atoms with Crippen molar-refractivity contribution < 1.29 is 26.7 Å². The summed E-state index contributed by atoms with van der Waals surface area (Å²) in [6.45, 7) is 1.41. The van der Waals surface area contributed by atoms with E-state index in [1.54, 1.807) is 25.1 Å². The molecule has 1 aromatic heterocycles. The van der Waals surface area contributed by atoms with E-state index < -0.39 is 26.6 Å². The normalized spacial score (nSPS) is 11.3. The maximum atomic E-state index is 14.7. The summed E-state index contributed by atoms with van der Waals surface area (Å²) in [5, 5.41) is 0. The van der Waals surface area contributed by atoms with Crippen molar-refractivity contribution in [3.05, 3.63) is 75.9 Å². The van der Waals surface area contributed by atoms with Crippen LogP contribution in [0, 0.1) is 18.6 Å². The lowest BCUT2D eigenvalue weighted by Gasteiger charge is -2.25. The minimum Gasteiger partial charge on any atom is -0.497 e. The van der Waals surface area contributed by atoms with Crippen molar-refractivity contribution in [1.82, 2.24) is 4.98 Å². The fourth-order valence-electron chi connectivity index (χ4n) is 2.89. The van der Waals surface area contributed by atoms with Crippen LogP contribution in [0.4, 0.5) is 14.6 Å². The molecule has 0 aliphatic carbocycles. The number of hydrogen-bond acceptors (Lipinski definition) is 5. The molecule has 3 aromatic rings. The SMILES string of the molecule is COc1ccc(CN(c2ccc(F)cn2)S(=O)(=O)c2cc(C)c(Br)cc2F)c(OC)c1. The van der Waals surface area contributed by atoms with Crippen molar-refractivity contribution in [2.24, 2.45) is 0 Å². The minimum atomic E-state index is -4.41. The Hall–Kier alpha value is -2.72. The van der Waals surface area contributed by atoms with E-state index >= 15 is 0 Å². The molecule has 0 unspecified atom stereocenters. The van der Waals surface area contributed by atoms with Gasteiger partial charge in [0, 0.05) is 16.1 Å². The topological polar surface area (TPSA) is 68.7 Å². The standard InChI is InChI=1S/C21H19BrF2N2O4S/c1-13-8-20(18(24)10-17(13)22)31(27,28)26(21-7-5-15(23)11-25-21)12-14-4-6-16(29-2)9-19(14)30-3/h4-11H,12H2,1-3H3. The van der Waals surface area contributed by atoms with Crippen molar-refractivity contribution in [2.75, 3.05) is 18.5 Å². The van der Waals surface area contributed by atoms with Crippen molar-refractivity contribution in [2.45, 2.75) is 18.4 Å². The summed E-state index contributed by atoms with van der Waals surface area (Å²) in [5.41, 5.74) is 1.02. The molecule has 0 radical (unpaired) electrons. The Bertz CT molecular complexity index is 1200. The van der Waals surface area contributed by atoms with Crippen LogP contribution in [0.5, 0.6) is 11.5 Å². The predicted molar refractivity (Wildman–Crippen MR) is 116 cm³/mol. The Morgan fingerprint density at radius 1 is 1.06 bits per heavy atom. The zero-order valence-electron chi connectivity index (χ0n) is 16.9. The van der Waals surface area contributed by atoms with Crippen molar-refractivity contribution in [1.29, 1.82) is 0 Å². The first-order valence-corrected chi connectivity index (χ1v) is 11.2. The number of halogens is 3.